The number of unbranched alkanes of at least 4 members (excludes halogenated alkanes) is 3. The third-order valence-electron chi connectivity index (χ3n) is 6.57. The molecule has 1 N–H and O–H groups in total. The molecule has 2 aromatic carbocycles. The Balaban J connectivity index is 1.40. The Morgan fingerprint density at radius 2 is 1.83 bits per heavy atom. The van der Waals surface area contributed by atoms with Gasteiger partial charge >= 0.3 is 5.63 Å². The zero-order valence-corrected chi connectivity index (χ0v) is 20.0. The van der Waals surface area contributed by atoms with Gasteiger partial charge in [-0.3, -0.25) is 0 Å². The van der Waals surface area contributed by atoms with Crippen LogP contribution in [0, 0.1) is 0 Å². The summed E-state index contributed by atoms with van der Waals surface area (Å²) in [5.41, 5.74) is 1.48. The summed E-state index contributed by atoms with van der Waals surface area (Å²) in [6.07, 6.45) is 9.99. The van der Waals surface area contributed by atoms with E-state index in [1.54, 1.807) is 6.07 Å². The maximum Gasteiger partial charge on any atom is 0.349 e. The average molecular weight is 475 g/mol. The van der Waals surface area contributed by atoms with Gasteiger partial charge in [-0.25, -0.2) is 4.79 Å². The number of phenolic OH excluding ortho intramolecular Hbond substituents is 1. The number of fused-ring (bicyclic) bond motifs is 1. The molecule has 35 heavy (non-hydrogen) atoms. The number of aromatic nitrogens is 2. The second-order valence-electron chi connectivity index (χ2n) is 9.24. The second-order valence-corrected chi connectivity index (χ2v) is 9.24. The summed E-state index contributed by atoms with van der Waals surface area (Å²) in [6.45, 7) is 2.17. The van der Waals surface area contributed by atoms with Crippen LogP contribution in [-0.4, -0.2) is 21.4 Å². The largest absolute Gasteiger partial charge is 0.508 e. The van der Waals surface area contributed by atoms with E-state index in [1.807, 2.05) is 30.3 Å². The minimum Gasteiger partial charge on any atom is -0.508 e. The highest BCUT2D eigenvalue weighted by Gasteiger charge is 2.19. The fourth-order valence-electron chi connectivity index (χ4n) is 4.64. The molecule has 182 valence electrons. The summed E-state index contributed by atoms with van der Waals surface area (Å²) < 4.78 is 17.4. The van der Waals surface area contributed by atoms with Crippen LogP contribution in [0.1, 0.15) is 63.9 Å². The first kappa shape index (κ1) is 23.1. The van der Waals surface area contributed by atoms with Crippen molar-refractivity contribution in [1.82, 2.24) is 10.2 Å². The molecule has 7 heteroatoms. The van der Waals surface area contributed by atoms with Crippen LogP contribution in [-0.2, 0) is 6.42 Å². The molecule has 0 aliphatic heterocycles. The van der Waals surface area contributed by atoms with Gasteiger partial charge in [-0.05, 0) is 74.4 Å². The number of nitrogens with zero attached hydrogens (tertiary/aromatic N) is 2. The summed E-state index contributed by atoms with van der Waals surface area (Å²) in [6, 6.07) is 12.6. The van der Waals surface area contributed by atoms with Crippen LogP contribution in [0.5, 0.6) is 11.5 Å². The highest BCUT2D eigenvalue weighted by molar-refractivity contribution is 5.82. The van der Waals surface area contributed by atoms with Gasteiger partial charge in [-0.15, -0.1) is 10.2 Å². The Labute approximate surface area is 203 Å². The van der Waals surface area contributed by atoms with Crippen LogP contribution in [0.3, 0.4) is 0 Å². The van der Waals surface area contributed by atoms with E-state index in [-0.39, 0.29) is 23.3 Å². The number of phenols is 1. The van der Waals surface area contributed by atoms with Crippen molar-refractivity contribution in [1.29, 1.82) is 0 Å². The van der Waals surface area contributed by atoms with Crippen LogP contribution in [0.15, 0.2) is 56.1 Å². The van der Waals surface area contributed by atoms with Gasteiger partial charge in [0.2, 0.25) is 5.89 Å². The lowest BCUT2D eigenvalue weighted by atomic mass is 10.0. The molecule has 0 atom stereocenters. The van der Waals surface area contributed by atoms with Crippen molar-refractivity contribution in [3.8, 4) is 34.4 Å². The SMILES string of the molecule is CCCCCCc1cc2cc(-c3nnc(-c4cccc(OC5CCCC5)c4)o3)c(=O)oc2cc1O. The van der Waals surface area contributed by atoms with Crippen LogP contribution in [0.4, 0.5) is 0 Å². The molecule has 0 unspecified atom stereocenters. The van der Waals surface area contributed by atoms with Gasteiger partial charge in [0, 0.05) is 17.0 Å². The van der Waals surface area contributed by atoms with Crippen molar-refractivity contribution in [2.24, 2.45) is 0 Å². The summed E-state index contributed by atoms with van der Waals surface area (Å²) in [7, 11) is 0. The first-order chi connectivity index (χ1) is 17.1. The average Bonchev–Trinajstić information content (AvgIpc) is 3.55. The molecular weight excluding hydrogens is 444 g/mol. The molecule has 0 saturated heterocycles. The highest BCUT2D eigenvalue weighted by Crippen LogP contribution is 2.31. The molecule has 2 aromatic heterocycles. The lowest BCUT2D eigenvalue weighted by molar-refractivity contribution is 0.210. The first-order valence-corrected chi connectivity index (χ1v) is 12.5. The van der Waals surface area contributed by atoms with Crippen molar-refractivity contribution >= 4 is 11.0 Å². The molecule has 0 spiro atoms. The van der Waals surface area contributed by atoms with Crippen LogP contribution < -0.4 is 10.4 Å². The van der Waals surface area contributed by atoms with E-state index in [0.29, 0.717) is 16.9 Å². The summed E-state index contributed by atoms with van der Waals surface area (Å²) in [5.74, 6) is 1.31. The van der Waals surface area contributed by atoms with E-state index >= 15 is 0 Å². The summed E-state index contributed by atoms with van der Waals surface area (Å²) >= 11 is 0. The van der Waals surface area contributed by atoms with E-state index in [0.717, 1.165) is 55.4 Å². The van der Waals surface area contributed by atoms with Gasteiger partial charge in [0.15, 0.2) is 0 Å². The monoisotopic (exact) mass is 474 g/mol. The van der Waals surface area contributed by atoms with Crippen molar-refractivity contribution < 1.29 is 18.7 Å². The Morgan fingerprint density at radius 3 is 2.66 bits per heavy atom. The van der Waals surface area contributed by atoms with Crippen molar-refractivity contribution in [2.45, 2.75) is 70.8 Å². The molecule has 0 radical (unpaired) electrons. The molecule has 2 heterocycles. The second kappa shape index (κ2) is 10.3. The summed E-state index contributed by atoms with van der Waals surface area (Å²) in [5, 5.41) is 19.3. The smallest absolute Gasteiger partial charge is 0.349 e. The molecule has 5 rings (SSSR count). The molecule has 0 amide bonds. The van der Waals surface area contributed by atoms with E-state index < -0.39 is 5.63 Å². The molecule has 7 nitrogen and oxygen atoms in total. The zero-order chi connectivity index (χ0) is 24.2. The van der Waals surface area contributed by atoms with E-state index in [9.17, 15) is 9.90 Å². The first-order valence-electron chi connectivity index (χ1n) is 12.5. The zero-order valence-electron chi connectivity index (χ0n) is 20.0. The standard InChI is InChI=1S/C28H30N2O5/c1-2-3-4-5-9-18-14-20-16-23(28(32)34-25(20)17-24(18)31)27-30-29-26(35-27)19-10-8-13-22(15-19)33-21-11-6-7-12-21/h8,10,13-17,21,31H,2-7,9,11-12H2,1H3. The quantitative estimate of drug-likeness (QED) is 0.214. The predicted molar refractivity (Wildman–Crippen MR) is 134 cm³/mol. The number of rotatable bonds is 9. The summed E-state index contributed by atoms with van der Waals surface area (Å²) in [4.78, 5) is 12.7. The molecule has 1 aliphatic rings. The van der Waals surface area contributed by atoms with Gasteiger partial charge in [0.1, 0.15) is 22.6 Å². The van der Waals surface area contributed by atoms with Gasteiger partial charge in [0.25, 0.3) is 5.89 Å². The minimum atomic E-state index is -0.596. The molecule has 0 bridgehead atoms. The Hall–Kier alpha value is -3.61. The number of aryl methyl sites for hydroxylation is 1. The molecular formula is C28H30N2O5. The number of hydrogen-bond donors (Lipinski definition) is 1. The predicted octanol–water partition coefficient (Wildman–Crippen LogP) is 6.66. The van der Waals surface area contributed by atoms with Gasteiger partial charge in [-0.1, -0.05) is 32.3 Å². The number of benzene rings is 2. The van der Waals surface area contributed by atoms with Gasteiger partial charge < -0.3 is 18.7 Å². The minimum absolute atomic E-state index is 0.0929. The van der Waals surface area contributed by atoms with Crippen LogP contribution >= 0.6 is 0 Å². The maximum absolute atomic E-state index is 12.7. The lowest BCUT2D eigenvalue weighted by Gasteiger charge is -2.13. The fourth-order valence-corrected chi connectivity index (χ4v) is 4.64. The molecule has 4 aromatic rings. The third-order valence-corrected chi connectivity index (χ3v) is 6.57. The lowest BCUT2D eigenvalue weighted by Crippen LogP contribution is -2.10. The Bertz CT molecular complexity index is 1370. The van der Waals surface area contributed by atoms with Crippen molar-refractivity contribution in [3.05, 3.63) is 58.4 Å². The molecule has 1 saturated carbocycles. The van der Waals surface area contributed by atoms with E-state index in [2.05, 4.69) is 17.1 Å². The Kier molecular flexibility index (Phi) is 6.84. The topological polar surface area (TPSA) is 98.6 Å². The fraction of sp³-hybridized carbons (Fsp3) is 0.393. The van der Waals surface area contributed by atoms with Crippen molar-refractivity contribution in [3.63, 3.8) is 0 Å². The maximum atomic E-state index is 12.7. The third kappa shape index (κ3) is 5.24. The van der Waals surface area contributed by atoms with Gasteiger partial charge in [0.05, 0.1) is 6.10 Å². The van der Waals surface area contributed by atoms with Crippen LogP contribution in [0.2, 0.25) is 0 Å². The van der Waals surface area contributed by atoms with Crippen LogP contribution in [0.25, 0.3) is 33.9 Å². The highest BCUT2D eigenvalue weighted by atomic mass is 16.5. The van der Waals surface area contributed by atoms with Gasteiger partial charge in [-0.2, -0.15) is 0 Å². The molecule has 1 fully saturated rings. The normalized spacial score (nSPS) is 14.1. The van der Waals surface area contributed by atoms with E-state index in [4.69, 9.17) is 13.6 Å². The number of hydrogen-bond acceptors (Lipinski definition) is 7. The Morgan fingerprint density at radius 1 is 1.00 bits per heavy atom. The number of aromatic hydroxyl groups is 1. The van der Waals surface area contributed by atoms with Crippen molar-refractivity contribution in [2.75, 3.05) is 0 Å². The number of ether oxygens (including phenoxy) is 1. The molecule has 1 aliphatic carbocycles. The van der Waals surface area contributed by atoms with E-state index in [1.165, 1.54) is 25.3 Å².